The van der Waals surface area contributed by atoms with Crippen LogP contribution in [0.5, 0.6) is 0 Å². The summed E-state index contributed by atoms with van der Waals surface area (Å²) in [5, 5.41) is 0. The number of benzene rings is 2. The molecule has 1 unspecified atom stereocenters. The summed E-state index contributed by atoms with van der Waals surface area (Å²) in [6.07, 6.45) is 2.79. The van der Waals surface area contributed by atoms with Gasteiger partial charge >= 0.3 is 0 Å². The third kappa shape index (κ3) is 3.70. The lowest BCUT2D eigenvalue weighted by molar-refractivity contribution is -0.119. The van der Waals surface area contributed by atoms with Gasteiger partial charge in [0.2, 0.25) is 5.91 Å². The van der Waals surface area contributed by atoms with E-state index < -0.39 is 0 Å². The first-order valence-corrected chi connectivity index (χ1v) is 9.44. The summed E-state index contributed by atoms with van der Waals surface area (Å²) in [4.78, 5) is 17.1. The molecule has 1 amide bonds. The van der Waals surface area contributed by atoms with E-state index in [-0.39, 0.29) is 11.9 Å². The maximum atomic E-state index is 12.9. The SMILES string of the molecule is C=CCN1C(=O)CN(CCC)C(c2ccccc2)c2cc(Br)ccc21. The fourth-order valence-electron chi connectivity index (χ4n) is 3.52. The molecular formula is C21H23BrN2O. The predicted molar refractivity (Wildman–Crippen MR) is 107 cm³/mol. The Balaban J connectivity index is 2.21. The predicted octanol–water partition coefficient (Wildman–Crippen LogP) is 4.78. The Hall–Kier alpha value is -1.91. The summed E-state index contributed by atoms with van der Waals surface area (Å²) in [7, 11) is 0. The fraction of sp³-hybridized carbons (Fsp3) is 0.286. The highest BCUT2D eigenvalue weighted by Crippen LogP contribution is 2.39. The van der Waals surface area contributed by atoms with Crippen LogP contribution in [0.2, 0.25) is 0 Å². The van der Waals surface area contributed by atoms with E-state index in [1.165, 1.54) is 5.56 Å². The molecule has 25 heavy (non-hydrogen) atoms. The van der Waals surface area contributed by atoms with Crippen molar-refractivity contribution in [2.24, 2.45) is 0 Å². The topological polar surface area (TPSA) is 23.6 Å². The molecule has 0 aromatic heterocycles. The fourth-order valence-corrected chi connectivity index (χ4v) is 3.90. The van der Waals surface area contributed by atoms with Crippen molar-refractivity contribution in [1.29, 1.82) is 0 Å². The van der Waals surface area contributed by atoms with Crippen LogP contribution < -0.4 is 4.90 Å². The van der Waals surface area contributed by atoms with Gasteiger partial charge in [-0.1, -0.05) is 59.3 Å². The third-order valence-corrected chi connectivity index (χ3v) is 5.01. The zero-order chi connectivity index (χ0) is 17.8. The summed E-state index contributed by atoms with van der Waals surface area (Å²) in [6, 6.07) is 16.7. The Morgan fingerprint density at radius 3 is 2.68 bits per heavy atom. The third-order valence-electron chi connectivity index (χ3n) is 4.52. The van der Waals surface area contributed by atoms with Crippen molar-refractivity contribution >= 4 is 27.5 Å². The molecule has 1 aliphatic heterocycles. The largest absolute Gasteiger partial charge is 0.307 e. The molecule has 0 fully saturated rings. The van der Waals surface area contributed by atoms with Gasteiger partial charge in [-0.25, -0.2) is 0 Å². The second-order valence-corrected chi connectivity index (χ2v) is 7.20. The van der Waals surface area contributed by atoms with Gasteiger partial charge in [0.15, 0.2) is 0 Å². The number of anilines is 1. The monoisotopic (exact) mass is 398 g/mol. The molecule has 0 saturated heterocycles. The number of amides is 1. The highest BCUT2D eigenvalue weighted by molar-refractivity contribution is 9.10. The molecule has 4 heteroatoms. The lowest BCUT2D eigenvalue weighted by atomic mass is 9.95. The number of carbonyl (C=O) groups is 1. The molecule has 1 atom stereocenters. The summed E-state index contributed by atoms with van der Waals surface area (Å²) in [5.74, 6) is 0.121. The molecule has 0 spiro atoms. The summed E-state index contributed by atoms with van der Waals surface area (Å²) >= 11 is 3.61. The van der Waals surface area contributed by atoms with E-state index in [2.05, 4.69) is 64.7 Å². The van der Waals surface area contributed by atoms with Crippen molar-refractivity contribution in [2.75, 3.05) is 24.5 Å². The molecule has 0 aliphatic carbocycles. The van der Waals surface area contributed by atoms with E-state index in [0.717, 1.165) is 28.7 Å². The summed E-state index contributed by atoms with van der Waals surface area (Å²) in [6.45, 7) is 7.79. The number of hydrogen-bond donors (Lipinski definition) is 0. The van der Waals surface area contributed by atoms with Crippen molar-refractivity contribution in [3.05, 3.63) is 76.8 Å². The molecule has 2 aromatic rings. The second-order valence-electron chi connectivity index (χ2n) is 6.28. The molecule has 0 bridgehead atoms. The lowest BCUT2D eigenvalue weighted by Gasteiger charge is -2.30. The molecule has 0 N–H and O–H groups in total. The van der Waals surface area contributed by atoms with Crippen LogP contribution in [0.1, 0.15) is 30.5 Å². The van der Waals surface area contributed by atoms with E-state index in [4.69, 9.17) is 0 Å². The number of carbonyl (C=O) groups excluding carboxylic acids is 1. The Morgan fingerprint density at radius 2 is 2.00 bits per heavy atom. The molecule has 130 valence electrons. The quantitative estimate of drug-likeness (QED) is 0.676. The van der Waals surface area contributed by atoms with E-state index in [0.29, 0.717) is 13.1 Å². The van der Waals surface area contributed by atoms with Gasteiger partial charge in [-0.05, 0) is 42.3 Å². The van der Waals surface area contributed by atoms with Crippen molar-refractivity contribution < 1.29 is 4.79 Å². The van der Waals surface area contributed by atoms with Crippen LogP contribution >= 0.6 is 15.9 Å². The average Bonchev–Trinajstić information content (AvgIpc) is 2.71. The van der Waals surface area contributed by atoms with Crippen LogP contribution in [0.25, 0.3) is 0 Å². The van der Waals surface area contributed by atoms with Crippen molar-refractivity contribution in [3.63, 3.8) is 0 Å². The first kappa shape index (κ1) is 17.9. The molecule has 0 radical (unpaired) electrons. The van der Waals surface area contributed by atoms with E-state index >= 15 is 0 Å². The highest BCUT2D eigenvalue weighted by Gasteiger charge is 2.33. The first-order valence-electron chi connectivity index (χ1n) is 8.65. The molecular weight excluding hydrogens is 376 g/mol. The first-order chi connectivity index (χ1) is 12.2. The van der Waals surface area contributed by atoms with Gasteiger partial charge in [-0.15, -0.1) is 6.58 Å². The van der Waals surface area contributed by atoms with Gasteiger partial charge in [-0.2, -0.15) is 0 Å². The number of halogens is 1. The van der Waals surface area contributed by atoms with Crippen LogP contribution in [0.15, 0.2) is 65.7 Å². The number of nitrogens with zero attached hydrogens (tertiary/aromatic N) is 2. The smallest absolute Gasteiger partial charge is 0.241 e. The number of hydrogen-bond acceptors (Lipinski definition) is 2. The van der Waals surface area contributed by atoms with Crippen molar-refractivity contribution in [2.45, 2.75) is 19.4 Å². The molecule has 3 rings (SSSR count). The van der Waals surface area contributed by atoms with E-state index in [1.54, 1.807) is 6.08 Å². The van der Waals surface area contributed by atoms with Crippen LogP contribution in [-0.2, 0) is 4.79 Å². The molecule has 1 aliphatic rings. The summed E-state index contributed by atoms with van der Waals surface area (Å²) < 4.78 is 1.02. The molecule has 3 nitrogen and oxygen atoms in total. The second kappa shape index (κ2) is 7.98. The Bertz CT molecular complexity index is 760. The van der Waals surface area contributed by atoms with E-state index in [9.17, 15) is 4.79 Å². The number of fused-ring (bicyclic) bond motifs is 1. The zero-order valence-corrected chi connectivity index (χ0v) is 16.1. The van der Waals surface area contributed by atoms with Crippen molar-refractivity contribution in [1.82, 2.24) is 4.90 Å². The minimum Gasteiger partial charge on any atom is -0.307 e. The van der Waals surface area contributed by atoms with Gasteiger partial charge in [0.1, 0.15) is 0 Å². The Morgan fingerprint density at radius 1 is 1.24 bits per heavy atom. The Kier molecular flexibility index (Phi) is 5.71. The van der Waals surface area contributed by atoms with E-state index in [1.807, 2.05) is 23.1 Å². The van der Waals surface area contributed by atoms with Gasteiger partial charge in [0, 0.05) is 16.7 Å². The minimum atomic E-state index is 0.0624. The molecule has 1 heterocycles. The van der Waals surface area contributed by atoms with Crippen LogP contribution in [0.4, 0.5) is 5.69 Å². The standard InChI is InChI=1S/C21H23BrN2O/c1-3-12-23-15-20(25)24(13-4-2)19-11-10-17(22)14-18(19)21(23)16-8-6-5-7-9-16/h4-11,14,21H,2-3,12-13,15H2,1H3. The minimum absolute atomic E-state index is 0.0624. The maximum Gasteiger partial charge on any atom is 0.241 e. The van der Waals surface area contributed by atoms with Gasteiger partial charge in [-0.3, -0.25) is 9.69 Å². The average molecular weight is 399 g/mol. The molecule has 2 aromatic carbocycles. The Labute approximate surface area is 158 Å². The normalized spacial score (nSPS) is 17.9. The molecule has 0 saturated carbocycles. The summed E-state index contributed by atoms with van der Waals surface area (Å²) in [5.41, 5.74) is 3.34. The van der Waals surface area contributed by atoms with Crippen LogP contribution in [0, 0.1) is 0 Å². The highest BCUT2D eigenvalue weighted by atomic mass is 79.9. The number of rotatable bonds is 5. The van der Waals surface area contributed by atoms with Crippen LogP contribution in [0.3, 0.4) is 0 Å². The van der Waals surface area contributed by atoms with Crippen LogP contribution in [-0.4, -0.2) is 30.4 Å². The van der Waals surface area contributed by atoms with Crippen molar-refractivity contribution in [3.8, 4) is 0 Å². The zero-order valence-electron chi connectivity index (χ0n) is 14.5. The lowest BCUT2D eigenvalue weighted by Crippen LogP contribution is -2.39. The maximum absolute atomic E-state index is 12.9. The van der Waals surface area contributed by atoms with Gasteiger partial charge < -0.3 is 4.90 Å². The van der Waals surface area contributed by atoms with Gasteiger partial charge in [0.05, 0.1) is 12.6 Å². The van der Waals surface area contributed by atoms with Gasteiger partial charge in [0.25, 0.3) is 0 Å².